The molecular weight excluding hydrogens is 170 g/mol. The lowest BCUT2D eigenvalue weighted by atomic mass is 10.4. The van der Waals surface area contributed by atoms with E-state index in [0.717, 1.165) is 12.8 Å². The smallest absolute Gasteiger partial charge is 0.312 e. The molecule has 0 atom stereocenters. The van der Waals surface area contributed by atoms with Crippen LogP contribution < -0.4 is 0 Å². The topological polar surface area (TPSA) is 47.9 Å². The van der Waals surface area contributed by atoms with E-state index < -0.39 is 0 Å². The minimum Gasteiger partial charge on any atom is -0.409 e. The van der Waals surface area contributed by atoms with Crippen molar-refractivity contribution in [2.45, 2.75) is 40.0 Å². The number of nitrogens with zero attached hydrogens (tertiary/aromatic N) is 1. The standard InChI is InChI=1S/C9H17NO3/c1-4-6-7-12-10-8(3)13-9(11)5-2/h4-7H2,1-3H3. The van der Waals surface area contributed by atoms with Crippen LogP contribution in [0.25, 0.3) is 0 Å². The summed E-state index contributed by atoms with van der Waals surface area (Å²) in [5.41, 5.74) is 0. The third kappa shape index (κ3) is 7.31. The Morgan fingerprint density at radius 2 is 2.08 bits per heavy atom. The minimum atomic E-state index is -0.291. The maximum atomic E-state index is 10.8. The van der Waals surface area contributed by atoms with Gasteiger partial charge in [-0.1, -0.05) is 25.4 Å². The van der Waals surface area contributed by atoms with Crippen molar-refractivity contribution in [2.75, 3.05) is 6.61 Å². The molecule has 0 unspecified atom stereocenters. The van der Waals surface area contributed by atoms with E-state index in [1.54, 1.807) is 13.8 Å². The first kappa shape index (κ1) is 11.9. The van der Waals surface area contributed by atoms with Crippen molar-refractivity contribution in [3.63, 3.8) is 0 Å². The average Bonchev–Trinajstić information content (AvgIpc) is 2.12. The zero-order valence-corrected chi connectivity index (χ0v) is 8.50. The van der Waals surface area contributed by atoms with Gasteiger partial charge < -0.3 is 9.57 Å². The molecule has 13 heavy (non-hydrogen) atoms. The summed E-state index contributed by atoms with van der Waals surface area (Å²) < 4.78 is 4.77. The second-order valence-electron chi connectivity index (χ2n) is 2.62. The summed E-state index contributed by atoms with van der Waals surface area (Å²) in [4.78, 5) is 15.6. The number of carbonyl (C=O) groups is 1. The van der Waals surface area contributed by atoms with E-state index in [0.29, 0.717) is 13.0 Å². The van der Waals surface area contributed by atoms with Gasteiger partial charge in [0.05, 0.1) is 0 Å². The van der Waals surface area contributed by atoms with E-state index in [1.807, 2.05) is 0 Å². The number of esters is 1. The third-order valence-electron chi connectivity index (χ3n) is 1.33. The molecule has 4 nitrogen and oxygen atoms in total. The molecular formula is C9H17NO3. The van der Waals surface area contributed by atoms with Crippen molar-refractivity contribution < 1.29 is 14.4 Å². The quantitative estimate of drug-likeness (QED) is 0.218. The Kier molecular flexibility index (Phi) is 6.96. The van der Waals surface area contributed by atoms with Crippen LogP contribution in [0.2, 0.25) is 0 Å². The van der Waals surface area contributed by atoms with Crippen LogP contribution in [0, 0.1) is 0 Å². The van der Waals surface area contributed by atoms with Gasteiger partial charge in [0.1, 0.15) is 6.61 Å². The van der Waals surface area contributed by atoms with Crippen LogP contribution in [-0.4, -0.2) is 18.5 Å². The van der Waals surface area contributed by atoms with Crippen molar-refractivity contribution in [3.05, 3.63) is 0 Å². The molecule has 0 spiro atoms. The molecule has 0 saturated carbocycles. The van der Waals surface area contributed by atoms with E-state index in [4.69, 9.17) is 9.57 Å². The van der Waals surface area contributed by atoms with E-state index in [9.17, 15) is 4.79 Å². The van der Waals surface area contributed by atoms with Gasteiger partial charge in [-0.25, -0.2) is 0 Å². The monoisotopic (exact) mass is 187 g/mol. The summed E-state index contributed by atoms with van der Waals surface area (Å²) >= 11 is 0. The predicted molar refractivity (Wildman–Crippen MR) is 50.4 cm³/mol. The Bertz CT molecular complexity index is 178. The molecule has 0 radical (unpaired) electrons. The number of unbranched alkanes of at least 4 members (excludes halogenated alkanes) is 1. The van der Waals surface area contributed by atoms with Gasteiger partial charge in [0.2, 0.25) is 5.90 Å². The van der Waals surface area contributed by atoms with Crippen LogP contribution in [0.15, 0.2) is 5.16 Å². The highest BCUT2D eigenvalue weighted by molar-refractivity contribution is 5.86. The first-order valence-electron chi connectivity index (χ1n) is 4.57. The summed E-state index contributed by atoms with van der Waals surface area (Å²) in [6.07, 6.45) is 2.36. The average molecular weight is 187 g/mol. The van der Waals surface area contributed by atoms with Gasteiger partial charge in [-0.05, 0) is 6.42 Å². The summed E-state index contributed by atoms with van der Waals surface area (Å²) in [6.45, 7) is 5.96. The normalized spacial score (nSPS) is 11.2. The van der Waals surface area contributed by atoms with Gasteiger partial charge in [-0.2, -0.15) is 0 Å². The Hall–Kier alpha value is -1.06. The number of hydrogen-bond donors (Lipinski definition) is 0. The van der Waals surface area contributed by atoms with Gasteiger partial charge in [-0.3, -0.25) is 4.79 Å². The number of rotatable bonds is 5. The summed E-state index contributed by atoms with van der Waals surface area (Å²) in [5.74, 6) is -0.0247. The Balaban J connectivity index is 3.56. The molecule has 0 saturated heterocycles. The number of hydrogen-bond acceptors (Lipinski definition) is 4. The lowest BCUT2D eigenvalue weighted by Crippen LogP contribution is -2.08. The summed E-state index contributed by atoms with van der Waals surface area (Å²) in [5, 5.41) is 3.62. The lowest BCUT2D eigenvalue weighted by Gasteiger charge is -2.01. The van der Waals surface area contributed by atoms with Crippen LogP contribution in [0.1, 0.15) is 40.0 Å². The van der Waals surface area contributed by atoms with E-state index in [-0.39, 0.29) is 11.9 Å². The van der Waals surface area contributed by atoms with Crippen LogP contribution in [0.5, 0.6) is 0 Å². The Labute approximate surface area is 78.9 Å². The van der Waals surface area contributed by atoms with Crippen LogP contribution in [0.3, 0.4) is 0 Å². The molecule has 0 aromatic heterocycles. The maximum absolute atomic E-state index is 10.8. The second-order valence-corrected chi connectivity index (χ2v) is 2.62. The number of ether oxygens (including phenoxy) is 1. The molecule has 0 N–H and O–H groups in total. The first-order chi connectivity index (χ1) is 6.20. The van der Waals surface area contributed by atoms with Crippen molar-refractivity contribution in [2.24, 2.45) is 5.16 Å². The maximum Gasteiger partial charge on any atom is 0.312 e. The molecule has 0 aliphatic carbocycles. The molecule has 0 aliphatic rings. The highest BCUT2D eigenvalue weighted by atomic mass is 16.7. The van der Waals surface area contributed by atoms with Crippen LogP contribution in [-0.2, 0) is 14.4 Å². The van der Waals surface area contributed by atoms with Gasteiger partial charge in [0.15, 0.2) is 0 Å². The highest BCUT2D eigenvalue weighted by Gasteiger charge is 2.00. The molecule has 0 aromatic carbocycles. The lowest BCUT2D eigenvalue weighted by molar-refractivity contribution is -0.135. The van der Waals surface area contributed by atoms with Crippen molar-refractivity contribution in [1.29, 1.82) is 0 Å². The molecule has 0 aromatic rings. The second kappa shape index (κ2) is 7.58. The van der Waals surface area contributed by atoms with E-state index >= 15 is 0 Å². The van der Waals surface area contributed by atoms with Gasteiger partial charge in [0, 0.05) is 13.3 Å². The van der Waals surface area contributed by atoms with Crippen molar-refractivity contribution in [1.82, 2.24) is 0 Å². The van der Waals surface area contributed by atoms with Gasteiger partial charge in [0.25, 0.3) is 0 Å². The van der Waals surface area contributed by atoms with Gasteiger partial charge >= 0.3 is 5.97 Å². The molecule has 0 fully saturated rings. The molecule has 0 heterocycles. The highest BCUT2D eigenvalue weighted by Crippen LogP contribution is 1.92. The predicted octanol–water partition coefficient (Wildman–Crippen LogP) is 2.09. The molecule has 0 bridgehead atoms. The minimum absolute atomic E-state index is 0.267. The molecule has 0 aliphatic heterocycles. The van der Waals surface area contributed by atoms with E-state index in [2.05, 4.69) is 12.1 Å². The zero-order chi connectivity index (χ0) is 10.1. The number of oxime groups is 1. The zero-order valence-electron chi connectivity index (χ0n) is 8.50. The molecule has 0 amide bonds. The fourth-order valence-electron chi connectivity index (χ4n) is 0.601. The Morgan fingerprint density at radius 1 is 1.38 bits per heavy atom. The summed E-state index contributed by atoms with van der Waals surface area (Å²) in [7, 11) is 0. The first-order valence-corrected chi connectivity index (χ1v) is 4.57. The molecule has 76 valence electrons. The van der Waals surface area contributed by atoms with Crippen LogP contribution >= 0.6 is 0 Å². The Morgan fingerprint density at radius 3 is 2.62 bits per heavy atom. The van der Waals surface area contributed by atoms with Crippen molar-refractivity contribution in [3.8, 4) is 0 Å². The molecule has 0 rings (SSSR count). The fourth-order valence-corrected chi connectivity index (χ4v) is 0.601. The largest absolute Gasteiger partial charge is 0.409 e. The SMILES string of the molecule is CCCCON=C(C)OC(=O)CC. The fraction of sp³-hybridized carbons (Fsp3) is 0.778. The van der Waals surface area contributed by atoms with Crippen molar-refractivity contribution >= 4 is 11.9 Å². The molecule has 4 heteroatoms. The van der Waals surface area contributed by atoms with Crippen LogP contribution in [0.4, 0.5) is 0 Å². The number of carbonyl (C=O) groups excluding carboxylic acids is 1. The van der Waals surface area contributed by atoms with Gasteiger partial charge in [-0.15, -0.1) is 0 Å². The van der Waals surface area contributed by atoms with E-state index in [1.165, 1.54) is 0 Å². The summed E-state index contributed by atoms with van der Waals surface area (Å²) in [6, 6.07) is 0. The third-order valence-corrected chi connectivity index (χ3v) is 1.33.